The van der Waals surface area contributed by atoms with Crippen LogP contribution in [0.3, 0.4) is 0 Å². The molecule has 2 atom stereocenters. The molecule has 0 aromatic rings. The van der Waals surface area contributed by atoms with E-state index in [1.54, 1.807) is 0 Å². The Labute approximate surface area is 847 Å². The van der Waals surface area contributed by atoms with Gasteiger partial charge in [0.1, 0.15) is 0 Å². The van der Waals surface area contributed by atoms with Crippen molar-refractivity contribution in [3.63, 3.8) is 0 Å². The van der Waals surface area contributed by atoms with Gasteiger partial charge in [0.25, 0.3) is 0 Å². The Kier molecular flexibility index (Phi) is 166. The molecule has 0 unspecified atom stereocenters. The lowest BCUT2D eigenvalue weighted by Gasteiger charge is -2.22. The monoisotopic (exact) mass is 1860 g/mol. The van der Waals surface area contributed by atoms with Crippen molar-refractivity contribution in [2.75, 3.05) is 0 Å². The highest BCUT2D eigenvalue weighted by molar-refractivity contribution is 4.75. The molecule has 0 heterocycles. The van der Waals surface area contributed by atoms with Crippen molar-refractivity contribution in [1.29, 1.82) is 0 Å². The van der Waals surface area contributed by atoms with Crippen molar-refractivity contribution in [1.82, 2.24) is 0 Å². The summed E-state index contributed by atoms with van der Waals surface area (Å²) in [6, 6.07) is 0. The van der Waals surface area contributed by atoms with Gasteiger partial charge in [0, 0.05) is 0 Å². The number of rotatable bonds is 24. The highest BCUT2D eigenvalue weighted by Crippen LogP contribution is 2.36. The highest BCUT2D eigenvalue weighted by Gasteiger charge is 2.22. The molecule has 0 aromatic heterocycles. The van der Waals surface area contributed by atoms with Gasteiger partial charge in [-0.1, -0.05) is 707 Å². The zero-order chi connectivity index (χ0) is 108. The van der Waals surface area contributed by atoms with Crippen LogP contribution in [-0.2, 0) is 0 Å². The summed E-state index contributed by atoms with van der Waals surface area (Å²) in [5.74, 6) is 13.9. The van der Waals surface area contributed by atoms with Crippen LogP contribution in [0.5, 0.6) is 0 Å². The molecule has 816 valence electrons. The average molecular weight is 1860 g/mol. The predicted octanol–water partition coefficient (Wildman–Crippen LogP) is 52.0. The molecule has 0 heteroatoms. The van der Waals surface area contributed by atoms with Crippen LogP contribution in [-0.4, -0.2) is 0 Å². The van der Waals surface area contributed by atoms with E-state index in [9.17, 15) is 0 Å². The summed E-state index contributed by atoms with van der Waals surface area (Å²) in [6.45, 7) is 146. The Bertz CT molecular complexity index is 1640. The molecule has 130 heavy (non-hydrogen) atoms. The van der Waals surface area contributed by atoms with Crippen LogP contribution in [0.2, 0.25) is 0 Å². The van der Waals surface area contributed by atoms with Crippen molar-refractivity contribution >= 4 is 0 Å². The molecular formula is C130H296. The predicted molar refractivity (Wildman–Crippen MR) is 637 cm³/mol. The first-order valence-electron chi connectivity index (χ1n) is 59.4. The first-order valence-corrected chi connectivity index (χ1v) is 59.4. The van der Waals surface area contributed by atoms with E-state index in [4.69, 9.17) is 0 Å². The second-order valence-electron chi connectivity index (χ2n) is 51.1. The van der Waals surface area contributed by atoms with Gasteiger partial charge in [0.05, 0.1) is 0 Å². The Morgan fingerprint density at radius 3 is 0.600 bits per heavy atom. The van der Waals surface area contributed by atoms with Gasteiger partial charge in [-0.3, -0.25) is 0 Å². The van der Waals surface area contributed by atoms with Gasteiger partial charge in [-0.2, -0.15) is 0 Å². The van der Waals surface area contributed by atoms with E-state index < -0.39 is 0 Å². The molecule has 0 amide bonds. The quantitative estimate of drug-likeness (QED) is 0.0904. The minimum absolute atomic E-state index is 0.500. The first-order chi connectivity index (χ1) is 59.4. The molecule has 0 aliphatic heterocycles. The lowest BCUT2D eigenvalue weighted by Crippen LogP contribution is -2.12. The lowest BCUT2D eigenvalue weighted by molar-refractivity contribution is 0.283. The highest BCUT2D eigenvalue weighted by atomic mass is 14.3. The third-order valence-electron chi connectivity index (χ3n) is 25.9. The van der Waals surface area contributed by atoms with Gasteiger partial charge in [-0.05, 0) is 146 Å². The van der Waals surface area contributed by atoms with E-state index in [-0.39, 0.29) is 0 Å². The maximum Gasteiger partial charge on any atom is -0.0354 e. The second-order valence-corrected chi connectivity index (χ2v) is 51.1. The normalized spacial score (nSPS) is 14.1. The van der Waals surface area contributed by atoms with Crippen molar-refractivity contribution in [3.05, 3.63) is 0 Å². The van der Waals surface area contributed by atoms with E-state index in [0.717, 1.165) is 88.8 Å². The van der Waals surface area contributed by atoms with Crippen molar-refractivity contribution in [3.8, 4) is 0 Å². The van der Waals surface area contributed by atoms with Gasteiger partial charge >= 0.3 is 0 Å². The Morgan fingerprint density at radius 1 is 0.292 bits per heavy atom. The zero-order valence-corrected chi connectivity index (χ0v) is 108. The van der Waals surface area contributed by atoms with Crippen LogP contribution in [0.25, 0.3) is 0 Å². The largest absolute Gasteiger partial charge is 0.0683 e. The van der Waals surface area contributed by atoms with Crippen LogP contribution in [0.1, 0.15) is 726 Å². The van der Waals surface area contributed by atoms with E-state index in [0.29, 0.717) is 37.9 Å². The summed E-state index contributed by atoms with van der Waals surface area (Å²) in [4.78, 5) is 0. The van der Waals surface area contributed by atoms with E-state index in [1.165, 1.54) is 276 Å². The topological polar surface area (TPSA) is 0 Å². The molecule has 0 radical (unpaired) electrons. The number of unbranched alkanes of at least 4 members (excludes halogenated alkanes) is 2. The van der Waals surface area contributed by atoms with Crippen LogP contribution < -0.4 is 0 Å². The van der Waals surface area contributed by atoms with Gasteiger partial charge < -0.3 is 0 Å². The average Bonchev–Trinajstić information content (AvgIpc) is 1.76. The van der Waals surface area contributed by atoms with Crippen LogP contribution in [0.4, 0.5) is 0 Å². The Morgan fingerprint density at radius 2 is 0.546 bits per heavy atom. The fourth-order valence-corrected chi connectivity index (χ4v) is 10.1. The van der Waals surface area contributed by atoms with Crippen molar-refractivity contribution < 1.29 is 0 Å². The summed E-state index contributed by atoms with van der Waals surface area (Å²) in [6.07, 6.45) is 59.9. The fraction of sp³-hybridized carbons (Fsp3) is 1.00. The Hall–Kier alpha value is 0. The molecule has 0 N–H and O–H groups in total. The molecule has 0 spiro atoms. The maximum atomic E-state index is 2.36. The lowest BCUT2D eigenvalue weighted by atomic mass is 9.84. The molecule has 4 aliphatic carbocycles. The van der Waals surface area contributed by atoms with Crippen molar-refractivity contribution in [2.24, 2.45) is 127 Å². The van der Waals surface area contributed by atoms with E-state index in [2.05, 4.69) is 436 Å². The molecule has 4 aliphatic rings. The zero-order valence-electron chi connectivity index (χ0n) is 108. The van der Waals surface area contributed by atoms with E-state index in [1.807, 2.05) is 13.8 Å². The number of hydrogen-bond donors (Lipinski definition) is 0. The van der Waals surface area contributed by atoms with Crippen molar-refractivity contribution in [2.45, 2.75) is 726 Å². The summed E-state index contributed by atoms with van der Waals surface area (Å²) in [5.41, 5.74) is 3.94. The minimum Gasteiger partial charge on any atom is -0.0683 e. The Balaban J connectivity index is -0.0000000634. The fourth-order valence-electron chi connectivity index (χ4n) is 10.1. The second kappa shape index (κ2) is 125. The van der Waals surface area contributed by atoms with Crippen LogP contribution in [0.15, 0.2) is 0 Å². The summed E-state index contributed by atoms with van der Waals surface area (Å²) >= 11 is 0. The summed E-state index contributed by atoms with van der Waals surface area (Å²) in [7, 11) is 0. The molecule has 4 saturated carbocycles. The molecule has 4 fully saturated rings. The van der Waals surface area contributed by atoms with Crippen LogP contribution >= 0.6 is 0 Å². The smallest absolute Gasteiger partial charge is 0.0354 e. The minimum atomic E-state index is 0.500. The van der Waals surface area contributed by atoms with Gasteiger partial charge in [-0.25, -0.2) is 0 Å². The molecule has 0 aromatic carbocycles. The number of hydrogen-bond acceptors (Lipinski definition) is 0. The molecule has 4 rings (SSSR count). The van der Waals surface area contributed by atoms with Gasteiger partial charge in [-0.15, -0.1) is 0 Å². The maximum absolute atomic E-state index is 2.36. The van der Waals surface area contributed by atoms with Crippen LogP contribution in [0, 0.1) is 127 Å². The third-order valence-corrected chi connectivity index (χ3v) is 25.9. The van der Waals surface area contributed by atoms with E-state index >= 15 is 0 Å². The van der Waals surface area contributed by atoms with Gasteiger partial charge in [0.2, 0.25) is 0 Å². The molecule has 0 saturated heterocycles. The summed E-state index contributed by atoms with van der Waals surface area (Å²) < 4.78 is 0. The molecular weight excluding hydrogens is 1560 g/mol. The summed E-state index contributed by atoms with van der Waals surface area (Å²) in [5, 5.41) is 0. The molecule has 0 nitrogen and oxygen atoms in total. The molecule has 0 bridgehead atoms. The van der Waals surface area contributed by atoms with Gasteiger partial charge in [0.15, 0.2) is 0 Å². The SMILES string of the molecule is CC.CC(C)(C)C.CC(C)C.CC(C)C(C)(C)C.CC(C)CC(C)C.CC1(C)CCCC1.CC1CCCC1.CC1CCCCC1.CCC.CCC(C)(C)C.CCC(C)(C)C.CCC(C)(C)CC.CCC(C)(C)CC.CCC(C)C.CCC(C)CC.CCC(CC)CC.CCC1CCCC1.CCCC.CCCC(C)C.CCCCC(C)C.CCC[C@H](C)CC.CC[C@H](C)C(C)C. The standard InChI is InChI=1S/3C7H14.8C7H16.C6H12.4C6H14.2C5H12.2C4H10.C3H8.C2H6/c1-7(2)5-3-4-6-7;1-7-5-3-2-4-6-7;1-2-7-5-3-4-6-7;1-6(2)7(3,4)5;1-6(2)5-7(3)4;2*1-5-7(3,4)6-2;1-5-7(4)6(2)3;1-4-5-6-7(2)3;1-4-6-7(3)5-2;1-4-7(5-2)6-3;1-6-4-2-3-5-6;2*1-5-6(2,3)4;1-4-5-6(2)3;1-4-6(3)5-2;1-5(2,3)4;1-4-5(2)3;1-4(2)3;1-3-4-2;1-3-2;1-2/h3-6H2,1-2H3;2*7H,2-6H2,1H3;6H,1-5H3;6-7H,5H2,1-4H3;2*5-6H2,1-4H3;6-7H,5H2,1-4H3;3*7H,4-6H2,1-3H3;6H,2-5H2,1H3;2*5H2,1-4H3;2*6H,4-5H2,1-3H3;1-4H3;5H,4H2,1-3H3;4H,1-3H3;3-4H2,1-2H3;3H2,1-2H3;1-2H3/t;;;;;;;7-;;7-;;;;;;;;;;;;/m.......0.1............/s1. The third kappa shape index (κ3) is 244. The first kappa shape index (κ1) is 172.